The van der Waals surface area contributed by atoms with E-state index in [2.05, 4.69) is 0 Å². The second-order valence-corrected chi connectivity index (χ2v) is 6.09. The molecule has 0 spiro atoms. The average molecular weight is 263 g/mol. The van der Waals surface area contributed by atoms with E-state index in [0.717, 1.165) is 10.6 Å². The lowest BCUT2D eigenvalue weighted by Crippen LogP contribution is -2.42. The van der Waals surface area contributed by atoms with Crippen molar-refractivity contribution in [3.63, 3.8) is 0 Å². The third-order valence-electron chi connectivity index (χ3n) is 3.03. The predicted octanol–water partition coefficient (Wildman–Crippen LogP) is 2.19. The van der Waals surface area contributed by atoms with Gasteiger partial charge in [0.2, 0.25) is 0 Å². The number of carbonyl (C=O) groups is 1. The number of rotatable bonds is 4. The van der Waals surface area contributed by atoms with Crippen LogP contribution >= 0.6 is 0 Å². The Morgan fingerprint density at radius 2 is 1.63 bits per heavy atom. The van der Waals surface area contributed by atoms with Gasteiger partial charge in [0.15, 0.2) is 0 Å². The lowest BCUT2D eigenvalue weighted by atomic mass is 9.92. The van der Waals surface area contributed by atoms with Crippen molar-refractivity contribution in [2.45, 2.75) is 46.2 Å². The van der Waals surface area contributed by atoms with Gasteiger partial charge >= 0.3 is 0 Å². The number of aromatic carboxylic acids is 1. The van der Waals surface area contributed by atoms with Crippen LogP contribution in [-0.2, 0) is 5.21 Å². The summed E-state index contributed by atoms with van der Waals surface area (Å²) in [5.74, 6) is -1.08. The fourth-order valence-corrected chi connectivity index (χ4v) is 2.02. The summed E-state index contributed by atoms with van der Waals surface area (Å²) in [5.41, 5.74) is 0.450. The molecule has 1 aromatic carbocycles. The standard InChI is InChI=1S/C15H22NO3/c1-10(2)13(16(19)15(3,4)5)11-6-8-12(9-7-11)14(17)18/h6-10,13H,1-5H3,(H,17,18)/p-1. The van der Waals surface area contributed by atoms with Crippen LogP contribution in [-0.4, -0.2) is 16.6 Å². The molecule has 0 aliphatic heterocycles. The van der Waals surface area contributed by atoms with Gasteiger partial charge in [-0.15, -0.1) is 10.3 Å². The summed E-state index contributed by atoms with van der Waals surface area (Å²) in [6.45, 7) is 9.56. The molecule has 0 N–H and O–H groups in total. The van der Waals surface area contributed by atoms with Gasteiger partial charge in [0.1, 0.15) is 0 Å². The van der Waals surface area contributed by atoms with Crippen LogP contribution in [0.5, 0.6) is 0 Å². The zero-order chi connectivity index (χ0) is 14.8. The molecular formula is C15H21NO3-. The zero-order valence-electron chi connectivity index (χ0n) is 12.1. The van der Waals surface area contributed by atoms with E-state index in [4.69, 9.17) is 0 Å². The van der Waals surface area contributed by atoms with Crippen LogP contribution in [0.1, 0.15) is 56.6 Å². The maximum Gasteiger partial charge on any atom is 0.0715 e. The van der Waals surface area contributed by atoms with Crippen molar-refractivity contribution in [1.29, 1.82) is 0 Å². The fourth-order valence-electron chi connectivity index (χ4n) is 2.02. The van der Waals surface area contributed by atoms with Gasteiger partial charge in [0, 0.05) is 5.54 Å². The number of hydrogen-bond donors (Lipinski definition) is 0. The topological polar surface area (TPSA) is 63.3 Å². The summed E-state index contributed by atoms with van der Waals surface area (Å²) in [6, 6.07) is 6.04. The lowest BCUT2D eigenvalue weighted by Gasteiger charge is -2.36. The Balaban J connectivity index is 3.10. The molecule has 0 heterocycles. The van der Waals surface area contributed by atoms with Crippen molar-refractivity contribution in [3.8, 4) is 0 Å². The van der Waals surface area contributed by atoms with Crippen LogP contribution in [0.4, 0.5) is 0 Å². The molecule has 0 bridgehead atoms. The first-order valence-electron chi connectivity index (χ1n) is 6.42. The van der Waals surface area contributed by atoms with Crippen LogP contribution in [0.25, 0.3) is 0 Å². The Bertz CT molecular complexity index is 432. The van der Waals surface area contributed by atoms with E-state index in [0.29, 0.717) is 0 Å². The summed E-state index contributed by atoms with van der Waals surface area (Å²) in [6.07, 6.45) is 0. The fraction of sp³-hybridized carbons (Fsp3) is 0.533. The van der Waals surface area contributed by atoms with Crippen molar-refractivity contribution >= 4 is 5.97 Å². The third-order valence-corrected chi connectivity index (χ3v) is 3.03. The minimum absolute atomic E-state index is 0.125. The van der Waals surface area contributed by atoms with Crippen LogP contribution in [0.2, 0.25) is 0 Å². The molecule has 0 aliphatic rings. The molecule has 0 saturated carbocycles. The van der Waals surface area contributed by atoms with Gasteiger partial charge in [0.05, 0.1) is 12.0 Å². The van der Waals surface area contributed by atoms with Crippen LogP contribution < -0.4 is 5.11 Å². The molecule has 0 aromatic heterocycles. The number of hydroxylamine groups is 2. The number of carboxylic acid groups (broad SMARTS) is 1. The Labute approximate surface area is 114 Å². The molecule has 1 atom stereocenters. The van der Waals surface area contributed by atoms with E-state index < -0.39 is 11.5 Å². The summed E-state index contributed by atoms with van der Waals surface area (Å²) in [7, 11) is 0. The smallest absolute Gasteiger partial charge is 0.0715 e. The maximum absolute atomic E-state index is 12.4. The third kappa shape index (κ3) is 3.78. The first-order valence-corrected chi connectivity index (χ1v) is 6.42. The summed E-state index contributed by atoms with van der Waals surface area (Å²) >= 11 is 0. The Hall–Kier alpha value is -1.39. The Morgan fingerprint density at radius 1 is 1.16 bits per heavy atom. The van der Waals surface area contributed by atoms with Gasteiger partial charge in [-0.3, -0.25) is 0 Å². The molecule has 4 nitrogen and oxygen atoms in total. The minimum atomic E-state index is -1.21. The zero-order valence-corrected chi connectivity index (χ0v) is 12.1. The molecule has 1 radical (unpaired) electrons. The van der Waals surface area contributed by atoms with E-state index in [1.807, 2.05) is 34.6 Å². The molecule has 105 valence electrons. The largest absolute Gasteiger partial charge is 0.545 e. The van der Waals surface area contributed by atoms with Crippen molar-refractivity contribution in [2.24, 2.45) is 5.92 Å². The van der Waals surface area contributed by atoms with E-state index in [-0.39, 0.29) is 17.5 Å². The SMILES string of the molecule is CC(C)C(c1ccc(C(=O)[O-])cc1)N([O])C(C)(C)C. The van der Waals surface area contributed by atoms with Gasteiger partial charge in [-0.25, -0.2) is 0 Å². The van der Waals surface area contributed by atoms with E-state index in [1.54, 1.807) is 12.1 Å². The van der Waals surface area contributed by atoms with Crippen LogP contribution in [0.15, 0.2) is 24.3 Å². The first kappa shape index (κ1) is 15.7. The monoisotopic (exact) mass is 263 g/mol. The second-order valence-electron chi connectivity index (χ2n) is 6.09. The Kier molecular flexibility index (Phi) is 4.71. The summed E-state index contributed by atoms with van der Waals surface area (Å²) < 4.78 is 0. The van der Waals surface area contributed by atoms with Gasteiger partial charge in [-0.1, -0.05) is 38.1 Å². The highest BCUT2D eigenvalue weighted by Crippen LogP contribution is 2.32. The number of benzene rings is 1. The lowest BCUT2D eigenvalue weighted by molar-refractivity contribution is -0.255. The number of carbonyl (C=O) groups excluding carboxylic acids is 1. The molecule has 0 aliphatic carbocycles. The van der Waals surface area contributed by atoms with Crippen LogP contribution in [0, 0.1) is 5.92 Å². The summed E-state index contributed by atoms with van der Waals surface area (Å²) in [4.78, 5) is 10.7. The molecule has 4 heteroatoms. The van der Waals surface area contributed by atoms with Crippen molar-refractivity contribution in [3.05, 3.63) is 35.4 Å². The van der Waals surface area contributed by atoms with Gasteiger partial charge < -0.3 is 9.90 Å². The number of carboxylic acids is 1. The summed E-state index contributed by atoms with van der Waals surface area (Å²) in [5, 5.41) is 24.2. The second kappa shape index (κ2) is 5.72. The van der Waals surface area contributed by atoms with Crippen LogP contribution in [0.3, 0.4) is 0 Å². The number of nitrogens with zero attached hydrogens (tertiary/aromatic N) is 1. The molecular weight excluding hydrogens is 242 g/mol. The maximum atomic E-state index is 12.4. The quantitative estimate of drug-likeness (QED) is 0.782. The molecule has 0 fully saturated rings. The highest BCUT2D eigenvalue weighted by Gasteiger charge is 2.32. The van der Waals surface area contributed by atoms with Gasteiger partial charge in [-0.2, -0.15) is 0 Å². The number of hydrogen-bond acceptors (Lipinski definition) is 3. The first-order chi connectivity index (χ1) is 8.64. The van der Waals surface area contributed by atoms with Crippen molar-refractivity contribution < 1.29 is 15.1 Å². The molecule has 0 saturated heterocycles. The minimum Gasteiger partial charge on any atom is -0.545 e. The molecule has 1 rings (SSSR count). The molecule has 1 aromatic rings. The highest BCUT2D eigenvalue weighted by molar-refractivity contribution is 5.85. The van der Waals surface area contributed by atoms with E-state index in [1.165, 1.54) is 12.1 Å². The predicted molar refractivity (Wildman–Crippen MR) is 70.6 cm³/mol. The molecule has 19 heavy (non-hydrogen) atoms. The average Bonchev–Trinajstić information content (AvgIpc) is 2.28. The normalized spacial score (nSPS) is 13.9. The van der Waals surface area contributed by atoms with E-state index in [9.17, 15) is 15.1 Å². The van der Waals surface area contributed by atoms with Crippen molar-refractivity contribution in [1.82, 2.24) is 5.06 Å². The Morgan fingerprint density at radius 3 is 1.95 bits per heavy atom. The van der Waals surface area contributed by atoms with Gasteiger partial charge in [-0.05, 0) is 37.8 Å². The van der Waals surface area contributed by atoms with E-state index >= 15 is 0 Å². The molecule has 0 amide bonds. The van der Waals surface area contributed by atoms with Gasteiger partial charge in [0.25, 0.3) is 0 Å². The highest BCUT2D eigenvalue weighted by atomic mass is 16.5. The van der Waals surface area contributed by atoms with Crippen molar-refractivity contribution in [2.75, 3.05) is 0 Å². The molecule has 1 unspecified atom stereocenters.